The van der Waals surface area contributed by atoms with Gasteiger partial charge in [0.1, 0.15) is 6.54 Å². The van der Waals surface area contributed by atoms with Gasteiger partial charge in [-0.2, -0.15) is 0 Å². The Hall–Kier alpha value is -2.79. The van der Waals surface area contributed by atoms with Crippen molar-refractivity contribution in [1.29, 1.82) is 0 Å². The summed E-state index contributed by atoms with van der Waals surface area (Å²) < 4.78 is 53.2. The third kappa shape index (κ3) is 6.41. The second kappa shape index (κ2) is 10.2. The largest absolute Gasteiger partial charge is 0.325 e. The van der Waals surface area contributed by atoms with E-state index in [1.54, 1.807) is 25.1 Å². The van der Waals surface area contributed by atoms with Crippen LogP contribution < -0.4 is 14.3 Å². The molecule has 3 rings (SSSR count). The number of amides is 1. The summed E-state index contributed by atoms with van der Waals surface area (Å²) in [6, 6.07) is 16.4. The Morgan fingerprint density at radius 1 is 0.912 bits per heavy atom. The first-order valence-corrected chi connectivity index (χ1v) is 13.9. The molecule has 0 heterocycles. The number of nitrogens with one attached hydrogen (secondary N) is 2. The summed E-state index contributed by atoms with van der Waals surface area (Å²) in [5.41, 5.74) is 1.53. The van der Waals surface area contributed by atoms with Gasteiger partial charge < -0.3 is 5.32 Å². The number of carbonyl (C=O) groups is 1. The summed E-state index contributed by atoms with van der Waals surface area (Å²) >= 11 is 11.9. The smallest absolute Gasteiger partial charge is 0.261 e. The number of benzene rings is 3. The topological polar surface area (TPSA) is 113 Å². The van der Waals surface area contributed by atoms with Gasteiger partial charge in [-0.25, -0.2) is 16.8 Å². The van der Waals surface area contributed by atoms with Crippen LogP contribution in [-0.4, -0.2) is 35.5 Å². The lowest BCUT2D eigenvalue weighted by molar-refractivity contribution is -0.114. The molecule has 0 radical (unpaired) electrons. The van der Waals surface area contributed by atoms with E-state index in [0.29, 0.717) is 27.0 Å². The molecule has 3 aromatic rings. The Bertz CT molecular complexity index is 1410. The summed E-state index contributed by atoms with van der Waals surface area (Å²) in [7, 11) is -7.64. The fourth-order valence-corrected chi connectivity index (χ4v) is 5.26. The maximum Gasteiger partial charge on any atom is 0.261 e. The van der Waals surface area contributed by atoms with Crippen LogP contribution in [0.15, 0.2) is 71.6 Å². The number of rotatable bonds is 8. The Balaban J connectivity index is 1.72. The van der Waals surface area contributed by atoms with Crippen molar-refractivity contribution in [2.24, 2.45) is 0 Å². The molecule has 180 valence electrons. The van der Waals surface area contributed by atoms with E-state index in [4.69, 9.17) is 23.2 Å². The van der Waals surface area contributed by atoms with Crippen LogP contribution in [0.2, 0.25) is 10.0 Å². The molecule has 2 N–H and O–H groups in total. The van der Waals surface area contributed by atoms with Gasteiger partial charge in [0.25, 0.3) is 10.0 Å². The number of sulfonamides is 2. The lowest BCUT2D eigenvalue weighted by atomic mass is 10.2. The molecule has 12 heteroatoms. The number of hydrogen-bond donors (Lipinski definition) is 2. The number of hydrogen-bond acceptors (Lipinski definition) is 5. The molecule has 0 aliphatic heterocycles. The van der Waals surface area contributed by atoms with E-state index >= 15 is 0 Å². The Morgan fingerprint density at radius 3 is 2.12 bits per heavy atom. The fraction of sp³-hybridized carbons (Fsp3) is 0.136. The highest BCUT2D eigenvalue weighted by Crippen LogP contribution is 2.26. The van der Waals surface area contributed by atoms with Crippen molar-refractivity contribution < 1.29 is 21.6 Å². The van der Waals surface area contributed by atoms with E-state index in [0.717, 1.165) is 10.6 Å². The molecule has 0 unspecified atom stereocenters. The third-order valence-electron chi connectivity index (χ3n) is 4.76. The lowest BCUT2D eigenvalue weighted by Gasteiger charge is -2.22. The van der Waals surface area contributed by atoms with E-state index in [9.17, 15) is 21.6 Å². The predicted octanol–water partition coefficient (Wildman–Crippen LogP) is 4.51. The van der Waals surface area contributed by atoms with Gasteiger partial charge in [0.05, 0.1) is 22.5 Å². The van der Waals surface area contributed by atoms with Crippen LogP contribution in [0.25, 0.3) is 0 Å². The number of carbonyl (C=O) groups excluding carboxylic acids is 1. The fourth-order valence-electron chi connectivity index (χ4n) is 2.98. The molecule has 34 heavy (non-hydrogen) atoms. The van der Waals surface area contributed by atoms with Crippen LogP contribution in [-0.2, 0) is 24.8 Å². The van der Waals surface area contributed by atoms with Crippen LogP contribution in [0.5, 0.6) is 0 Å². The summed E-state index contributed by atoms with van der Waals surface area (Å²) in [5.74, 6) is -0.608. The van der Waals surface area contributed by atoms with Gasteiger partial charge in [-0.1, -0.05) is 29.3 Å². The van der Waals surface area contributed by atoms with Gasteiger partial charge in [0, 0.05) is 15.7 Å². The molecule has 0 aliphatic rings. The minimum Gasteiger partial charge on any atom is -0.325 e. The summed E-state index contributed by atoms with van der Waals surface area (Å²) in [6.45, 7) is 1.22. The van der Waals surface area contributed by atoms with Crippen molar-refractivity contribution in [3.63, 3.8) is 0 Å². The Morgan fingerprint density at radius 2 is 1.53 bits per heavy atom. The van der Waals surface area contributed by atoms with Crippen LogP contribution in [0.1, 0.15) is 5.56 Å². The summed E-state index contributed by atoms with van der Waals surface area (Å²) in [4.78, 5) is 12.5. The normalized spacial score (nSPS) is 11.6. The van der Waals surface area contributed by atoms with Crippen molar-refractivity contribution in [2.45, 2.75) is 11.8 Å². The highest BCUT2D eigenvalue weighted by atomic mass is 35.5. The van der Waals surface area contributed by atoms with Crippen molar-refractivity contribution in [3.8, 4) is 0 Å². The van der Waals surface area contributed by atoms with E-state index in [1.165, 1.54) is 48.5 Å². The Labute approximate surface area is 208 Å². The lowest BCUT2D eigenvalue weighted by Crippen LogP contribution is -2.37. The highest BCUT2D eigenvalue weighted by Gasteiger charge is 2.21. The maximum absolute atomic E-state index is 12.7. The minimum atomic E-state index is -3.90. The second-order valence-electron chi connectivity index (χ2n) is 7.34. The zero-order valence-corrected chi connectivity index (χ0v) is 21.3. The van der Waals surface area contributed by atoms with Gasteiger partial charge in [-0.15, -0.1) is 0 Å². The second-order valence-corrected chi connectivity index (χ2v) is 11.8. The van der Waals surface area contributed by atoms with E-state index in [1.807, 2.05) is 0 Å². The van der Waals surface area contributed by atoms with E-state index in [-0.39, 0.29) is 10.6 Å². The number of halogens is 2. The molecule has 0 fully saturated rings. The van der Waals surface area contributed by atoms with Crippen LogP contribution in [0, 0.1) is 6.92 Å². The van der Waals surface area contributed by atoms with E-state index < -0.39 is 32.5 Å². The number of anilines is 3. The van der Waals surface area contributed by atoms with Gasteiger partial charge >= 0.3 is 0 Å². The Kier molecular flexibility index (Phi) is 7.77. The van der Waals surface area contributed by atoms with Crippen molar-refractivity contribution in [1.82, 2.24) is 0 Å². The average molecular weight is 542 g/mol. The van der Waals surface area contributed by atoms with Crippen molar-refractivity contribution in [2.75, 3.05) is 27.1 Å². The SMILES string of the molecule is Cc1c(Cl)cccc1NS(=O)(=O)c1ccc(NC(=O)CN(c2ccc(Cl)cc2)S(C)(=O)=O)cc1. The zero-order chi connectivity index (χ0) is 25.1. The van der Waals surface area contributed by atoms with Crippen LogP contribution in [0.3, 0.4) is 0 Å². The first kappa shape index (κ1) is 25.8. The van der Waals surface area contributed by atoms with Gasteiger partial charge in [0.15, 0.2) is 0 Å². The molecule has 0 atom stereocenters. The molecule has 1 amide bonds. The molecule has 0 aliphatic carbocycles. The monoisotopic (exact) mass is 541 g/mol. The van der Waals surface area contributed by atoms with Crippen LogP contribution in [0.4, 0.5) is 17.1 Å². The summed E-state index contributed by atoms with van der Waals surface area (Å²) in [5, 5.41) is 3.42. The molecule has 3 aromatic carbocycles. The predicted molar refractivity (Wildman–Crippen MR) is 136 cm³/mol. The molecule has 0 saturated carbocycles. The molecule has 0 saturated heterocycles. The molecule has 0 bridgehead atoms. The zero-order valence-electron chi connectivity index (χ0n) is 18.1. The number of nitrogens with zero attached hydrogens (tertiary/aromatic N) is 1. The van der Waals surface area contributed by atoms with E-state index in [2.05, 4.69) is 10.0 Å². The van der Waals surface area contributed by atoms with Gasteiger partial charge in [-0.05, 0) is 73.2 Å². The van der Waals surface area contributed by atoms with Crippen molar-refractivity contribution >= 4 is 66.2 Å². The molecule has 0 spiro atoms. The standard InChI is InChI=1S/C22H21Cl2N3O5S2/c1-15-20(24)4-3-5-21(15)26-34(31,32)19-12-8-17(9-13-19)25-22(28)14-27(33(2,29)30)18-10-6-16(23)7-11-18/h3-13,26H,14H2,1-2H3,(H,25,28). The molecular formula is C22H21Cl2N3O5S2. The first-order valence-electron chi connectivity index (χ1n) is 9.78. The first-order chi connectivity index (χ1) is 15.9. The summed E-state index contributed by atoms with van der Waals surface area (Å²) in [6.07, 6.45) is 0.989. The van der Waals surface area contributed by atoms with Crippen molar-refractivity contribution in [3.05, 3.63) is 82.3 Å². The van der Waals surface area contributed by atoms with Gasteiger partial charge in [0.2, 0.25) is 15.9 Å². The molecular weight excluding hydrogens is 521 g/mol. The molecule has 8 nitrogen and oxygen atoms in total. The quantitative estimate of drug-likeness (QED) is 0.435. The average Bonchev–Trinajstić information content (AvgIpc) is 2.75. The molecule has 0 aromatic heterocycles. The highest BCUT2D eigenvalue weighted by molar-refractivity contribution is 7.92. The maximum atomic E-state index is 12.7. The minimum absolute atomic E-state index is 0.0243. The van der Waals surface area contributed by atoms with Crippen LogP contribution >= 0.6 is 23.2 Å². The van der Waals surface area contributed by atoms with Gasteiger partial charge in [-0.3, -0.25) is 13.8 Å². The third-order valence-corrected chi connectivity index (χ3v) is 7.95.